The maximum Gasteiger partial charge on any atom is 0.367 e. The van der Waals surface area contributed by atoms with Crippen LogP contribution in [-0.4, -0.2) is 7.11 Å². The van der Waals surface area contributed by atoms with Gasteiger partial charge in [0.05, 0.1) is 13.2 Å². The Labute approximate surface area is 61.1 Å². The number of pyridine rings is 1. The van der Waals surface area contributed by atoms with Crippen molar-refractivity contribution >= 4 is 0 Å². The third-order valence-electron chi connectivity index (χ3n) is 1.45. The van der Waals surface area contributed by atoms with Gasteiger partial charge in [-0.25, -0.2) is 0 Å². The van der Waals surface area contributed by atoms with Gasteiger partial charge in [-0.15, -0.1) is 0 Å². The molecular weight excluding hydrogens is 126 g/mol. The first kappa shape index (κ1) is 7.06. The number of rotatable bonds is 2. The van der Waals surface area contributed by atoms with Crippen LogP contribution in [0.2, 0.25) is 0 Å². The standard InChI is InChI=1S/C8H12NO/c1-3-9-7-5-4-6-8(9)10-2/h4-7H,3H2,1-2H3/q+1. The molecule has 54 valence electrons. The highest BCUT2D eigenvalue weighted by Crippen LogP contribution is 1.98. The minimum Gasteiger partial charge on any atom is -0.448 e. The van der Waals surface area contributed by atoms with Crippen LogP contribution in [0.3, 0.4) is 0 Å². The average Bonchev–Trinajstić information content (AvgIpc) is 2.04. The summed E-state index contributed by atoms with van der Waals surface area (Å²) in [6, 6.07) is 5.90. The summed E-state index contributed by atoms with van der Waals surface area (Å²) in [5.41, 5.74) is 0. The first-order chi connectivity index (χ1) is 4.88. The van der Waals surface area contributed by atoms with Crippen molar-refractivity contribution in [2.24, 2.45) is 0 Å². The third kappa shape index (κ3) is 1.26. The lowest BCUT2D eigenvalue weighted by Crippen LogP contribution is -2.33. The van der Waals surface area contributed by atoms with E-state index in [-0.39, 0.29) is 0 Å². The number of nitrogens with zero attached hydrogens (tertiary/aromatic N) is 1. The summed E-state index contributed by atoms with van der Waals surface area (Å²) < 4.78 is 7.14. The summed E-state index contributed by atoms with van der Waals surface area (Å²) in [7, 11) is 1.68. The smallest absolute Gasteiger partial charge is 0.367 e. The molecule has 2 nitrogen and oxygen atoms in total. The van der Waals surface area contributed by atoms with Crippen LogP contribution in [0.4, 0.5) is 0 Å². The van der Waals surface area contributed by atoms with E-state index in [1.54, 1.807) is 7.11 Å². The summed E-state index contributed by atoms with van der Waals surface area (Å²) in [5, 5.41) is 0. The van der Waals surface area contributed by atoms with Crippen LogP contribution in [-0.2, 0) is 6.54 Å². The van der Waals surface area contributed by atoms with Gasteiger partial charge in [-0.3, -0.25) is 0 Å². The van der Waals surface area contributed by atoms with Crippen molar-refractivity contribution in [3.8, 4) is 5.88 Å². The second-order valence-corrected chi connectivity index (χ2v) is 2.03. The van der Waals surface area contributed by atoms with E-state index in [0.717, 1.165) is 12.4 Å². The molecule has 1 rings (SSSR count). The molecule has 2 heteroatoms. The normalized spacial score (nSPS) is 9.40. The maximum atomic E-state index is 5.10. The van der Waals surface area contributed by atoms with E-state index in [0.29, 0.717) is 0 Å². The molecule has 0 saturated carbocycles. The highest BCUT2D eigenvalue weighted by atomic mass is 16.5. The molecule has 0 aliphatic rings. The van der Waals surface area contributed by atoms with Crippen LogP contribution < -0.4 is 9.30 Å². The molecule has 0 amide bonds. The van der Waals surface area contributed by atoms with E-state index in [9.17, 15) is 0 Å². The Morgan fingerprint density at radius 1 is 1.50 bits per heavy atom. The van der Waals surface area contributed by atoms with Crippen LogP contribution in [0, 0.1) is 0 Å². The Kier molecular flexibility index (Phi) is 2.26. The average molecular weight is 138 g/mol. The minimum atomic E-state index is 0.907. The van der Waals surface area contributed by atoms with Gasteiger partial charge in [0.1, 0.15) is 6.54 Å². The fraction of sp³-hybridized carbons (Fsp3) is 0.375. The van der Waals surface area contributed by atoms with Crippen molar-refractivity contribution in [3.63, 3.8) is 0 Å². The number of hydrogen-bond acceptors (Lipinski definition) is 1. The molecule has 0 N–H and O–H groups in total. The first-order valence-electron chi connectivity index (χ1n) is 3.41. The molecule has 10 heavy (non-hydrogen) atoms. The SMILES string of the molecule is CC[n+]1ccccc1OC. The van der Waals surface area contributed by atoms with Gasteiger partial charge >= 0.3 is 5.88 Å². The third-order valence-corrected chi connectivity index (χ3v) is 1.45. The topological polar surface area (TPSA) is 13.1 Å². The quantitative estimate of drug-likeness (QED) is 0.556. The number of aromatic nitrogens is 1. The van der Waals surface area contributed by atoms with E-state index in [1.165, 1.54) is 0 Å². The zero-order valence-corrected chi connectivity index (χ0v) is 6.37. The van der Waals surface area contributed by atoms with E-state index in [2.05, 4.69) is 6.92 Å². The maximum absolute atomic E-state index is 5.10. The number of methoxy groups -OCH3 is 1. The molecule has 1 aromatic heterocycles. The Bertz CT molecular complexity index is 187. The Morgan fingerprint density at radius 3 is 2.80 bits per heavy atom. The molecular formula is C8H12NO+. The van der Waals surface area contributed by atoms with Crippen molar-refractivity contribution < 1.29 is 9.30 Å². The highest BCUT2D eigenvalue weighted by molar-refractivity contribution is 5.01. The molecule has 1 heterocycles. The lowest BCUT2D eigenvalue weighted by Gasteiger charge is -1.97. The Balaban J connectivity index is 2.96. The molecule has 0 fully saturated rings. The predicted octanol–water partition coefficient (Wildman–Crippen LogP) is 1.00. The Hall–Kier alpha value is -1.05. The van der Waals surface area contributed by atoms with Crippen LogP contribution in [0.15, 0.2) is 24.4 Å². The van der Waals surface area contributed by atoms with Gasteiger partial charge in [0, 0.05) is 6.07 Å². The number of aryl methyl sites for hydroxylation is 1. The van der Waals surface area contributed by atoms with Gasteiger partial charge in [-0.2, -0.15) is 4.57 Å². The van der Waals surface area contributed by atoms with Gasteiger partial charge in [-0.1, -0.05) is 0 Å². The van der Waals surface area contributed by atoms with Gasteiger partial charge in [0.15, 0.2) is 6.20 Å². The van der Waals surface area contributed by atoms with Crippen LogP contribution in [0.5, 0.6) is 5.88 Å². The van der Waals surface area contributed by atoms with E-state index >= 15 is 0 Å². The van der Waals surface area contributed by atoms with Crippen molar-refractivity contribution in [2.75, 3.05) is 7.11 Å². The van der Waals surface area contributed by atoms with E-state index in [4.69, 9.17) is 4.74 Å². The van der Waals surface area contributed by atoms with Crippen molar-refractivity contribution in [1.82, 2.24) is 0 Å². The zero-order valence-electron chi connectivity index (χ0n) is 6.37. The molecule has 0 aliphatic heterocycles. The number of hydrogen-bond donors (Lipinski definition) is 0. The van der Waals surface area contributed by atoms with Gasteiger partial charge in [0.25, 0.3) is 0 Å². The molecule has 0 bridgehead atoms. The largest absolute Gasteiger partial charge is 0.448 e. The summed E-state index contributed by atoms with van der Waals surface area (Å²) in [6.45, 7) is 3.03. The fourth-order valence-electron chi connectivity index (χ4n) is 0.907. The Morgan fingerprint density at radius 2 is 2.30 bits per heavy atom. The second kappa shape index (κ2) is 3.20. The molecule has 0 radical (unpaired) electrons. The molecule has 0 spiro atoms. The van der Waals surface area contributed by atoms with Crippen LogP contribution >= 0.6 is 0 Å². The van der Waals surface area contributed by atoms with E-state index < -0.39 is 0 Å². The summed E-state index contributed by atoms with van der Waals surface area (Å²) in [6.07, 6.45) is 2.00. The lowest BCUT2D eigenvalue weighted by molar-refractivity contribution is -0.698. The summed E-state index contributed by atoms with van der Waals surface area (Å²) >= 11 is 0. The molecule has 0 atom stereocenters. The molecule has 1 aromatic rings. The monoisotopic (exact) mass is 138 g/mol. The van der Waals surface area contributed by atoms with E-state index in [1.807, 2.05) is 29.0 Å². The highest BCUT2D eigenvalue weighted by Gasteiger charge is 2.03. The van der Waals surface area contributed by atoms with Crippen molar-refractivity contribution in [2.45, 2.75) is 13.5 Å². The van der Waals surface area contributed by atoms with Crippen LogP contribution in [0.1, 0.15) is 6.92 Å². The summed E-state index contributed by atoms with van der Waals surface area (Å²) in [4.78, 5) is 0. The lowest BCUT2D eigenvalue weighted by atomic mass is 10.4. The second-order valence-electron chi connectivity index (χ2n) is 2.03. The molecule has 0 aromatic carbocycles. The molecule has 0 saturated heterocycles. The molecule has 0 aliphatic carbocycles. The minimum absolute atomic E-state index is 0.907. The van der Waals surface area contributed by atoms with Gasteiger partial charge < -0.3 is 4.74 Å². The van der Waals surface area contributed by atoms with Gasteiger partial charge in [-0.05, 0) is 13.0 Å². The fourth-order valence-corrected chi connectivity index (χ4v) is 0.907. The van der Waals surface area contributed by atoms with Crippen molar-refractivity contribution in [1.29, 1.82) is 0 Å². The molecule has 0 unspecified atom stereocenters. The van der Waals surface area contributed by atoms with Crippen LogP contribution in [0.25, 0.3) is 0 Å². The predicted molar refractivity (Wildman–Crippen MR) is 38.9 cm³/mol. The number of ether oxygens (including phenoxy) is 1. The first-order valence-corrected chi connectivity index (χ1v) is 3.41. The van der Waals surface area contributed by atoms with Crippen molar-refractivity contribution in [3.05, 3.63) is 24.4 Å². The van der Waals surface area contributed by atoms with Gasteiger partial charge in [0.2, 0.25) is 0 Å². The zero-order chi connectivity index (χ0) is 7.40. The summed E-state index contributed by atoms with van der Waals surface area (Å²) in [5.74, 6) is 0.907.